The minimum atomic E-state index is -0.439. The minimum Gasteiger partial charge on any atom is -1.00 e. The quantitative estimate of drug-likeness (QED) is 0.0674. The molecule has 6 nitrogen and oxygen atoms in total. The molecule has 0 radical (unpaired) electrons. The molecular weight excluding hydrogens is 687 g/mol. The molecule has 2 amide bonds. The van der Waals surface area contributed by atoms with E-state index in [1.807, 2.05) is 24.4 Å². The Kier molecular flexibility index (Phi) is 18.0. The highest BCUT2D eigenvalue weighted by molar-refractivity contribution is 6.32. The number of carbonyl (C=O) groups is 2. The lowest BCUT2D eigenvalue weighted by atomic mass is 10.1. The van der Waals surface area contributed by atoms with Crippen LogP contribution >= 0.6 is 11.6 Å². The first-order chi connectivity index (χ1) is 21.0. The van der Waals surface area contributed by atoms with E-state index in [2.05, 4.69) is 18.4 Å². The average molecular weight is 735 g/mol. The van der Waals surface area contributed by atoms with Gasteiger partial charge >= 0.3 is 0 Å². The summed E-state index contributed by atoms with van der Waals surface area (Å²) in [5.41, 5.74) is 1.49. The number of aromatic nitrogens is 1. The van der Waals surface area contributed by atoms with Crippen molar-refractivity contribution in [3.8, 4) is 11.5 Å². The molecule has 0 atom stereocenters. The Morgan fingerprint density at radius 2 is 1.43 bits per heavy atom. The number of amides is 2. The molecule has 1 aromatic heterocycles. The standard InChI is InChI=1S/C36H48ClN2O4.HI/c1-4-6-7-8-9-10-11-12-13-18-26-43-34-23-22-29(27-32(34)37)35(40)39(28-30-19-16-17-25-38(30)24-5-2)36(41)31-20-14-15-21-33(31)42-3;/h14-17,19-23,25,27H,4-13,18,24,26,28H2,1-3H3;1H/q+1;/p-1. The first-order valence-electron chi connectivity index (χ1n) is 15.9. The second-order valence-electron chi connectivity index (χ2n) is 11.0. The number of methoxy groups -OCH3 is 1. The van der Waals surface area contributed by atoms with E-state index in [0.29, 0.717) is 34.3 Å². The first kappa shape index (κ1) is 37.5. The summed E-state index contributed by atoms with van der Waals surface area (Å²) >= 11 is 6.58. The van der Waals surface area contributed by atoms with Crippen LogP contribution in [0.5, 0.6) is 11.5 Å². The molecule has 0 bridgehead atoms. The van der Waals surface area contributed by atoms with E-state index < -0.39 is 11.8 Å². The maximum atomic E-state index is 13.9. The molecule has 0 fully saturated rings. The molecule has 44 heavy (non-hydrogen) atoms. The predicted octanol–water partition coefficient (Wildman–Crippen LogP) is 5.83. The lowest BCUT2D eigenvalue weighted by Crippen LogP contribution is -3.00. The van der Waals surface area contributed by atoms with Gasteiger partial charge in [-0.25, -0.2) is 4.57 Å². The summed E-state index contributed by atoms with van der Waals surface area (Å²) in [6.07, 6.45) is 15.5. The molecule has 3 rings (SSSR count). The average Bonchev–Trinajstić information content (AvgIpc) is 3.03. The van der Waals surface area contributed by atoms with Crippen molar-refractivity contribution in [1.29, 1.82) is 0 Å². The van der Waals surface area contributed by atoms with Crippen LogP contribution in [0, 0.1) is 0 Å². The van der Waals surface area contributed by atoms with Crippen molar-refractivity contribution < 1.29 is 47.6 Å². The highest BCUT2D eigenvalue weighted by Gasteiger charge is 2.29. The van der Waals surface area contributed by atoms with Crippen molar-refractivity contribution in [2.75, 3.05) is 13.7 Å². The van der Waals surface area contributed by atoms with Gasteiger partial charge in [0.15, 0.2) is 6.20 Å². The second kappa shape index (κ2) is 21.2. The Morgan fingerprint density at radius 3 is 2.09 bits per heavy atom. The van der Waals surface area contributed by atoms with Gasteiger partial charge < -0.3 is 33.5 Å². The number of ether oxygens (including phenoxy) is 2. The van der Waals surface area contributed by atoms with Crippen molar-refractivity contribution >= 4 is 23.4 Å². The number of unbranched alkanes of at least 4 members (excludes halogenated alkanes) is 9. The molecule has 8 heteroatoms. The molecule has 0 saturated heterocycles. The number of para-hydroxylation sites is 1. The third-order valence-electron chi connectivity index (χ3n) is 7.58. The van der Waals surface area contributed by atoms with Crippen molar-refractivity contribution in [2.45, 2.75) is 97.6 Å². The zero-order valence-corrected chi connectivity index (χ0v) is 29.4. The van der Waals surface area contributed by atoms with Gasteiger partial charge in [0.1, 0.15) is 24.6 Å². The summed E-state index contributed by atoms with van der Waals surface area (Å²) in [5.74, 6) is 0.0758. The molecule has 0 aliphatic carbocycles. The predicted molar refractivity (Wildman–Crippen MR) is 173 cm³/mol. The van der Waals surface area contributed by atoms with Crippen LogP contribution in [0.25, 0.3) is 0 Å². The molecule has 0 unspecified atom stereocenters. The number of aryl methyl sites for hydroxylation is 1. The maximum absolute atomic E-state index is 13.9. The van der Waals surface area contributed by atoms with Crippen LogP contribution in [0.1, 0.15) is 111 Å². The Hall–Kier alpha value is -2.65. The number of imide groups is 1. The SMILES string of the molecule is CCCCCCCCCCCCOc1ccc(C(=O)N(Cc2cccc[n+]2CCC)C(=O)c2ccccc2OC)cc1Cl.[I-]. The topological polar surface area (TPSA) is 59.7 Å². The Labute approximate surface area is 286 Å². The number of carbonyl (C=O) groups excluding carboxylic acids is 2. The van der Waals surface area contributed by atoms with Crippen molar-refractivity contribution in [1.82, 2.24) is 4.90 Å². The van der Waals surface area contributed by atoms with Gasteiger partial charge in [-0.05, 0) is 36.8 Å². The monoisotopic (exact) mass is 734 g/mol. The molecule has 1 heterocycles. The lowest BCUT2D eigenvalue weighted by Gasteiger charge is -2.21. The van der Waals surface area contributed by atoms with Crippen LogP contribution < -0.4 is 38.0 Å². The molecule has 2 aromatic carbocycles. The van der Waals surface area contributed by atoms with Gasteiger partial charge in [-0.3, -0.25) is 14.5 Å². The van der Waals surface area contributed by atoms with Crippen LogP contribution in [-0.2, 0) is 13.1 Å². The fraction of sp³-hybridized carbons (Fsp3) is 0.472. The van der Waals surface area contributed by atoms with E-state index in [4.69, 9.17) is 21.1 Å². The third-order valence-corrected chi connectivity index (χ3v) is 7.88. The van der Waals surface area contributed by atoms with Crippen LogP contribution in [0.3, 0.4) is 0 Å². The number of hydrogen-bond donors (Lipinski definition) is 0. The minimum absolute atomic E-state index is 0. The van der Waals surface area contributed by atoms with Gasteiger partial charge in [0.05, 0.1) is 24.3 Å². The van der Waals surface area contributed by atoms with Crippen LogP contribution in [0.4, 0.5) is 0 Å². The molecule has 0 aliphatic heterocycles. The number of benzene rings is 2. The van der Waals surface area contributed by atoms with E-state index in [9.17, 15) is 9.59 Å². The Bertz CT molecular complexity index is 1300. The fourth-order valence-electron chi connectivity index (χ4n) is 5.16. The molecule has 0 aliphatic rings. The maximum Gasteiger partial charge on any atom is 0.265 e. The summed E-state index contributed by atoms with van der Waals surface area (Å²) in [6, 6.07) is 17.7. The number of rotatable bonds is 19. The van der Waals surface area contributed by atoms with Crippen molar-refractivity contribution in [3.05, 3.63) is 88.7 Å². The lowest BCUT2D eigenvalue weighted by molar-refractivity contribution is -0.704. The van der Waals surface area contributed by atoms with Crippen LogP contribution in [0.2, 0.25) is 5.02 Å². The first-order valence-corrected chi connectivity index (χ1v) is 16.3. The van der Waals surface area contributed by atoms with Gasteiger partial charge in [0.2, 0.25) is 5.69 Å². The van der Waals surface area contributed by atoms with E-state index in [1.54, 1.807) is 42.5 Å². The summed E-state index contributed by atoms with van der Waals surface area (Å²) in [4.78, 5) is 29.0. The van der Waals surface area contributed by atoms with E-state index >= 15 is 0 Å². The number of pyridine rings is 1. The molecule has 240 valence electrons. The zero-order valence-electron chi connectivity index (χ0n) is 26.5. The van der Waals surface area contributed by atoms with Gasteiger partial charge in [-0.1, -0.05) is 101 Å². The molecule has 3 aromatic rings. The number of hydrogen-bond acceptors (Lipinski definition) is 4. The largest absolute Gasteiger partial charge is 1.00 e. The van der Waals surface area contributed by atoms with Crippen LogP contribution in [0.15, 0.2) is 66.9 Å². The summed E-state index contributed by atoms with van der Waals surface area (Å²) in [7, 11) is 1.51. The Morgan fingerprint density at radius 1 is 0.773 bits per heavy atom. The van der Waals surface area contributed by atoms with Crippen molar-refractivity contribution in [2.24, 2.45) is 0 Å². The van der Waals surface area contributed by atoms with Gasteiger partial charge in [0, 0.05) is 24.1 Å². The number of halogens is 2. The van der Waals surface area contributed by atoms with Crippen molar-refractivity contribution in [3.63, 3.8) is 0 Å². The smallest absolute Gasteiger partial charge is 0.265 e. The molecule has 0 spiro atoms. The van der Waals surface area contributed by atoms with Crippen LogP contribution in [-0.4, -0.2) is 30.4 Å². The highest BCUT2D eigenvalue weighted by Crippen LogP contribution is 2.28. The zero-order chi connectivity index (χ0) is 30.9. The second-order valence-corrected chi connectivity index (χ2v) is 11.4. The fourth-order valence-corrected chi connectivity index (χ4v) is 5.39. The van der Waals surface area contributed by atoms with Gasteiger partial charge in [-0.15, -0.1) is 0 Å². The van der Waals surface area contributed by atoms with Gasteiger partial charge in [-0.2, -0.15) is 0 Å². The van der Waals surface area contributed by atoms with E-state index in [-0.39, 0.29) is 30.5 Å². The normalized spacial score (nSPS) is 10.6. The van der Waals surface area contributed by atoms with E-state index in [1.165, 1.54) is 63.4 Å². The molecular formula is C36H48ClIN2O4. The summed E-state index contributed by atoms with van der Waals surface area (Å²) in [5, 5.41) is 0.350. The highest BCUT2D eigenvalue weighted by atomic mass is 127. The van der Waals surface area contributed by atoms with E-state index in [0.717, 1.165) is 31.5 Å². The number of nitrogens with zero attached hydrogens (tertiary/aromatic N) is 2. The third kappa shape index (κ3) is 11.7. The summed E-state index contributed by atoms with van der Waals surface area (Å²) < 4.78 is 13.4. The van der Waals surface area contributed by atoms with Gasteiger partial charge in [0.25, 0.3) is 11.8 Å². The summed E-state index contributed by atoms with van der Waals surface area (Å²) in [6.45, 7) is 5.80. The Balaban J connectivity index is 0.00000675. The molecule has 0 N–H and O–H groups in total. The molecule has 0 saturated carbocycles.